The van der Waals surface area contributed by atoms with Gasteiger partial charge in [-0.25, -0.2) is 8.42 Å². The fraction of sp³-hybridized carbons (Fsp3) is 0.188. The predicted molar refractivity (Wildman–Crippen MR) is 88.6 cm³/mol. The lowest BCUT2D eigenvalue weighted by molar-refractivity contribution is -0.115. The van der Waals surface area contributed by atoms with Crippen molar-refractivity contribution in [2.24, 2.45) is 0 Å². The van der Waals surface area contributed by atoms with Crippen LogP contribution in [0.15, 0.2) is 54.6 Å². The summed E-state index contributed by atoms with van der Waals surface area (Å²) in [5.74, 6) is -0.742. The van der Waals surface area contributed by atoms with Gasteiger partial charge in [-0.2, -0.15) is 0 Å². The molecule has 0 bridgehead atoms. The van der Waals surface area contributed by atoms with E-state index in [9.17, 15) is 13.2 Å². The van der Waals surface area contributed by atoms with Crippen LogP contribution in [0.5, 0.6) is 0 Å². The Bertz CT molecular complexity index is 743. The van der Waals surface area contributed by atoms with Crippen LogP contribution >= 0.6 is 11.6 Å². The molecule has 1 N–H and O–H groups in total. The van der Waals surface area contributed by atoms with Crippen LogP contribution in [-0.4, -0.2) is 19.6 Å². The molecule has 0 aliphatic rings. The van der Waals surface area contributed by atoms with Crippen molar-refractivity contribution in [2.45, 2.75) is 17.9 Å². The summed E-state index contributed by atoms with van der Waals surface area (Å²) in [5, 5.41) is 2.01. The van der Waals surface area contributed by atoms with E-state index in [1.54, 1.807) is 48.5 Å². The number of hydrogen-bond acceptors (Lipinski definition) is 3. The molecule has 0 fully saturated rings. The van der Waals surface area contributed by atoms with Crippen molar-refractivity contribution in [3.05, 3.63) is 65.2 Å². The second-order valence-electron chi connectivity index (χ2n) is 4.93. The summed E-state index contributed by atoms with van der Waals surface area (Å²) in [6, 6.07) is 15.3. The van der Waals surface area contributed by atoms with Crippen LogP contribution in [0, 0.1) is 0 Å². The number of sulfone groups is 1. The average molecular weight is 338 g/mol. The van der Waals surface area contributed by atoms with E-state index in [1.807, 2.05) is 6.07 Å². The van der Waals surface area contributed by atoms with E-state index in [2.05, 4.69) is 5.32 Å². The molecule has 0 heterocycles. The van der Waals surface area contributed by atoms with Gasteiger partial charge in [0.2, 0.25) is 5.91 Å². The smallest absolute Gasteiger partial charge is 0.242 e. The molecular formula is C16H16ClNO3S. The summed E-state index contributed by atoms with van der Waals surface area (Å²) in [4.78, 5) is 12.1. The van der Waals surface area contributed by atoms with Crippen LogP contribution in [0.3, 0.4) is 0 Å². The second kappa shape index (κ2) is 6.94. The fourth-order valence-corrected chi connectivity index (χ4v) is 3.28. The molecule has 0 radical (unpaired) electrons. The van der Waals surface area contributed by atoms with E-state index in [-0.39, 0.29) is 5.75 Å². The van der Waals surface area contributed by atoms with Gasteiger partial charge in [-0.05, 0) is 36.8 Å². The van der Waals surface area contributed by atoms with Gasteiger partial charge in [-0.1, -0.05) is 41.9 Å². The fourth-order valence-electron chi connectivity index (χ4n) is 1.87. The van der Waals surface area contributed by atoms with E-state index in [4.69, 9.17) is 11.6 Å². The minimum absolute atomic E-state index is 0.201. The molecule has 1 unspecified atom stereocenters. The Kier molecular flexibility index (Phi) is 5.21. The van der Waals surface area contributed by atoms with Crippen LogP contribution in [0.25, 0.3) is 0 Å². The monoisotopic (exact) mass is 337 g/mol. The van der Waals surface area contributed by atoms with Crippen molar-refractivity contribution in [3.8, 4) is 0 Å². The molecule has 0 aliphatic heterocycles. The Hall–Kier alpha value is -1.85. The van der Waals surface area contributed by atoms with E-state index >= 15 is 0 Å². The highest BCUT2D eigenvalue weighted by molar-refractivity contribution is 7.92. The topological polar surface area (TPSA) is 63.2 Å². The molecular weight excluding hydrogens is 322 g/mol. The van der Waals surface area contributed by atoms with Gasteiger partial charge in [-0.3, -0.25) is 4.79 Å². The van der Waals surface area contributed by atoms with Crippen molar-refractivity contribution in [1.82, 2.24) is 0 Å². The van der Waals surface area contributed by atoms with Gasteiger partial charge in [-0.15, -0.1) is 0 Å². The number of carbonyl (C=O) groups excluding carboxylic acids is 1. The summed E-state index contributed by atoms with van der Waals surface area (Å²) in [5.41, 5.74) is 1.17. The summed E-state index contributed by atoms with van der Waals surface area (Å²) in [6.07, 6.45) is 0. The first-order valence-electron chi connectivity index (χ1n) is 6.70. The van der Waals surface area contributed by atoms with Crippen LogP contribution in [-0.2, 0) is 20.4 Å². The number of rotatable bonds is 5. The van der Waals surface area contributed by atoms with Crippen molar-refractivity contribution in [2.75, 3.05) is 5.32 Å². The van der Waals surface area contributed by atoms with Gasteiger partial charge in [0.25, 0.3) is 0 Å². The third kappa shape index (κ3) is 4.32. The van der Waals surface area contributed by atoms with Gasteiger partial charge in [0.05, 0.1) is 5.75 Å². The molecule has 2 rings (SSSR count). The van der Waals surface area contributed by atoms with Crippen LogP contribution in [0.2, 0.25) is 5.02 Å². The van der Waals surface area contributed by atoms with E-state index in [1.165, 1.54) is 6.92 Å². The lowest BCUT2D eigenvalue weighted by Gasteiger charge is -2.13. The highest BCUT2D eigenvalue weighted by Gasteiger charge is 2.28. The number of nitrogens with one attached hydrogen (secondary N) is 1. The lowest BCUT2D eigenvalue weighted by atomic mass is 10.2. The number of hydrogen-bond donors (Lipinski definition) is 1. The SMILES string of the molecule is CC(C(=O)Nc1ccccc1)S(=O)(=O)Cc1ccc(Cl)cc1. The normalized spacial score (nSPS) is 12.6. The number of para-hydroxylation sites is 1. The number of carbonyl (C=O) groups is 1. The molecule has 0 aliphatic carbocycles. The minimum atomic E-state index is -3.60. The molecule has 22 heavy (non-hydrogen) atoms. The zero-order valence-corrected chi connectivity index (χ0v) is 13.6. The maximum absolute atomic E-state index is 12.3. The largest absolute Gasteiger partial charge is 0.325 e. The third-order valence-corrected chi connectivity index (χ3v) is 5.51. The van der Waals surface area contributed by atoms with Crippen LogP contribution < -0.4 is 5.32 Å². The molecule has 0 aromatic heterocycles. The highest BCUT2D eigenvalue weighted by Crippen LogP contribution is 2.16. The molecule has 1 amide bonds. The summed E-state index contributed by atoms with van der Waals surface area (Å²) < 4.78 is 24.6. The molecule has 1 atom stereocenters. The lowest BCUT2D eigenvalue weighted by Crippen LogP contribution is -2.33. The van der Waals surface area contributed by atoms with Crippen molar-refractivity contribution in [1.29, 1.82) is 0 Å². The molecule has 2 aromatic rings. The van der Waals surface area contributed by atoms with Crippen LogP contribution in [0.1, 0.15) is 12.5 Å². The standard InChI is InChI=1S/C16H16ClNO3S/c1-12(16(19)18-15-5-3-2-4-6-15)22(20,21)11-13-7-9-14(17)10-8-13/h2-10,12H,11H2,1H3,(H,18,19). The Morgan fingerprint density at radius 1 is 1.09 bits per heavy atom. The Labute approximate surface area is 135 Å². The van der Waals surface area contributed by atoms with E-state index in [0.29, 0.717) is 16.3 Å². The Morgan fingerprint density at radius 3 is 2.27 bits per heavy atom. The van der Waals surface area contributed by atoms with Crippen molar-refractivity contribution >= 4 is 33.0 Å². The molecule has 116 valence electrons. The summed E-state index contributed by atoms with van der Waals surface area (Å²) in [6.45, 7) is 1.39. The first kappa shape index (κ1) is 16.5. The van der Waals surface area contributed by atoms with E-state index < -0.39 is 21.0 Å². The molecule has 4 nitrogen and oxygen atoms in total. The Morgan fingerprint density at radius 2 is 1.68 bits per heavy atom. The quantitative estimate of drug-likeness (QED) is 0.910. The van der Waals surface area contributed by atoms with Gasteiger partial charge in [0.1, 0.15) is 5.25 Å². The second-order valence-corrected chi connectivity index (χ2v) is 7.69. The first-order valence-corrected chi connectivity index (χ1v) is 8.80. The molecule has 0 saturated carbocycles. The van der Waals surface area contributed by atoms with Gasteiger partial charge in [0, 0.05) is 10.7 Å². The zero-order chi connectivity index (χ0) is 16.2. The zero-order valence-electron chi connectivity index (χ0n) is 12.0. The predicted octanol–water partition coefficient (Wildman–Crippen LogP) is 3.28. The summed E-state index contributed by atoms with van der Waals surface area (Å²) >= 11 is 5.77. The Balaban J connectivity index is 2.08. The average Bonchev–Trinajstić information content (AvgIpc) is 2.49. The van der Waals surface area contributed by atoms with Crippen molar-refractivity contribution < 1.29 is 13.2 Å². The van der Waals surface area contributed by atoms with Crippen LogP contribution in [0.4, 0.5) is 5.69 Å². The first-order chi connectivity index (χ1) is 10.4. The number of amides is 1. The van der Waals surface area contributed by atoms with Gasteiger partial charge in [0.15, 0.2) is 9.84 Å². The number of anilines is 1. The maximum Gasteiger partial charge on any atom is 0.242 e. The molecule has 0 saturated heterocycles. The summed E-state index contributed by atoms with van der Waals surface area (Å²) in [7, 11) is -3.60. The van der Waals surface area contributed by atoms with Gasteiger partial charge >= 0.3 is 0 Å². The maximum atomic E-state index is 12.3. The highest BCUT2D eigenvalue weighted by atomic mass is 35.5. The number of benzene rings is 2. The third-order valence-electron chi connectivity index (χ3n) is 3.23. The van der Waals surface area contributed by atoms with Crippen molar-refractivity contribution in [3.63, 3.8) is 0 Å². The number of halogens is 1. The molecule has 0 spiro atoms. The van der Waals surface area contributed by atoms with Gasteiger partial charge < -0.3 is 5.32 Å². The molecule has 2 aromatic carbocycles. The van der Waals surface area contributed by atoms with E-state index in [0.717, 1.165) is 0 Å². The molecule has 6 heteroatoms. The minimum Gasteiger partial charge on any atom is -0.325 e.